The first-order valence-electron chi connectivity index (χ1n) is 7.08. The van der Waals surface area contributed by atoms with Gasteiger partial charge in [0.25, 0.3) is 0 Å². The molecular weight excluding hydrogens is 282 g/mol. The maximum atomic E-state index is 12.0. The van der Waals surface area contributed by atoms with Gasteiger partial charge < -0.3 is 4.74 Å². The van der Waals surface area contributed by atoms with Crippen LogP contribution in [-0.4, -0.2) is 18.6 Å². The molecule has 0 saturated carbocycles. The maximum Gasteiger partial charge on any atom is 0.172 e. The van der Waals surface area contributed by atoms with Crippen molar-refractivity contribution >= 4 is 22.8 Å². The third kappa shape index (κ3) is 2.63. The van der Waals surface area contributed by atoms with E-state index in [1.807, 2.05) is 37.3 Å². The molecule has 0 bridgehead atoms. The molecular formula is C17H17NO2S. The molecule has 3 rings (SSSR count). The van der Waals surface area contributed by atoms with Gasteiger partial charge in [0, 0.05) is 12.0 Å². The number of hydrogen-bond donors (Lipinski definition) is 0. The Morgan fingerprint density at radius 3 is 2.76 bits per heavy atom. The van der Waals surface area contributed by atoms with E-state index in [9.17, 15) is 4.79 Å². The minimum Gasteiger partial charge on any atom is -0.497 e. The van der Waals surface area contributed by atoms with Crippen LogP contribution in [0.15, 0.2) is 35.3 Å². The molecule has 0 atom stereocenters. The highest BCUT2D eigenvalue weighted by Crippen LogP contribution is 2.32. The van der Waals surface area contributed by atoms with E-state index in [1.54, 1.807) is 18.4 Å². The van der Waals surface area contributed by atoms with Crippen LogP contribution in [0.4, 0.5) is 0 Å². The van der Waals surface area contributed by atoms with Crippen LogP contribution in [0.25, 0.3) is 0 Å². The van der Waals surface area contributed by atoms with Crippen LogP contribution < -0.4 is 4.74 Å². The van der Waals surface area contributed by atoms with Gasteiger partial charge >= 0.3 is 0 Å². The summed E-state index contributed by atoms with van der Waals surface area (Å²) in [6.07, 6.45) is 1.51. The maximum absolute atomic E-state index is 12.0. The summed E-state index contributed by atoms with van der Waals surface area (Å²) >= 11 is 1.57. The van der Waals surface area contributed by atoms with Gasteiger partial charge in [0.15, 0.2) is 5.78 Å². The number of thiophene rings is 1. The van der Waals surface area contributed by atoms with Crippen molar-refractivity contribution in [3.05, 3.63) is 51.2 Å². The fourth-order valence-corrected chi connectivity index (χ4v) is 3.61. The summed E-state index contributed by atoms with van der Waals surface area (Å²) in [6, 6.07) is 9.91. The van der Waals surface area contributed by atoms with Gasteiger partial charge in [-0.1, -0.05) is 6.92 Å². The van der Waals surface area contributed by atoms with Crippen LogP contribution in [-0.2, 0) is 6.54 Å². The summed E-state index contributed by atoms with van der Waals surface area (Å²) in [5.41, 5.74) is 3.24. The number of benzene rings is 1. The molecule has 0 aliphatic carbocycles. The molecule has 2 heterocycles. The second-order valence-corrected chi connectivity index (χ2v) is 6.08. The quantitative estimate of drug-likeness (QED) is 0.780. The predicted octanol–water partition coefficient (Wildman–Crippen LogP) is 4.09. The van der Waals surface area contributed by atoms with Crippen LogP contribution in [0.1, 0.15) is 45.4 Å². The van der Waals surface area contributed by atoms with Gasteiger partial charge in [0.05, 0.1) is 29.1 Å². The Balaban J connectivity index is 1.90. The third-order valence-electron chi connectivity index (χ3n) is 3.55. The lowest BCUT2D eigenvalue weighted by Crippen LogP contribution is -1.98. The molecule has 1 aliphatic rings. The summed E-state index contributed by atoms with van der Waals surface area (Å²) < 4.78 is 5.18. The Kier molecular flexibility index (Phi) is 3.88. The van der Waals surface area contributed by atoms with Crippen molar-refractivity contribution in [2.75, 3.05) is 7.11 Å². The van der Waals surface area contributed by atoms with Crippen LogP contribution in [0.5, 0.6) is 5.75 Å². The van der Waals surface area contributed by atoms with Crippen molar-refractivity contribution in [3.8, 4) is 5.75 Å². The minimum atomic E-state index is 0.242. The SMILES string of the molecule is CCCC(=O)c1cc2c(s1)C(c1ccc(OC)cc1)=NC2. The molecule has 108 valence electrons. The van der Waals surface area contributed by atoms with Gasteiger partial charge in [-0.25, -0.2) is 0 Å². The van der Waals surface area contributed by atoms with E-state index in [4.69, 9.17) is 4.74 Å². The lowest BCUT2D eigenvalue weighted by molar-refractivity contribution is 0.0985. The number of ketones is 1. The molecule has 0 unspecified atom stereocenters. The lowest BCUT2D eigenvalue weighted by atomic mass is 10.1. The van der Waals surface area contributed by atoms with E-state index < -0.39 is 0 Å². The average Bonchev–Trinajstić information content (AvgIpc) is 3.08. The molecule has 2 aromatic rings. The predicted molar refractivity (Wildman–Crippen MR) is 85.9 cm³/mol. The summed E-state index contributed by atoms with van der Waals surface area (Å²) in [5, 5.41) is 0. The topological polar surface area (TPSA) is 38.7 Å². The van der Waals surface area contributed by atoms with E-state index in [-0.39, 0.29) is 5.78 Å². The van der Waals surface area contributed by atoms with Gasteiger partial charge in [-0.3, -0.25) is 9.79 Å². The second-order valence-electron chi connectivity index (χ2n) is 5.03. The molecule has 0 radical (unpaired) electrons. The van der Waals surface area contributed by atoms with Crippen LogP contribution in [0, 0.1) is 0 Å². The number of carbonyl (C=O) groups excluding carboxylic acids is 1. The molecule has 1 aromatic heterocycles. The fraction of sp³-hybridized carbons (Fsp3) is 0.294. The van der Waals surface area contributed by atoms with E-state index >= 15 is 0 Å². The summed E-state index contributed by atoms with van der Waals surface area (Å²) in [4.78, 5) is 18.6. The molecule has 0 spiro atoms. The van der Waals surface area contributed by atoms with Crippen LogP contribution in [0.3, 0.4) is 0 Å². The average molecular weight is 299 g/mol. The Hall–Kier alpha value is -1.94. The monoisotopic (exact) mass is 299 g/mol. The summed E-state index contributed by atoms with van der Waals surface area (Å²) in [5.74, 6) is 1.08. The Morgan fingerprint density at radius 1 is 1.33 bits per heavy atom. The molecule has 1 aliphatic heterocycles. The van der Waals surface area contributed by atoms with Gasteiger partial charge in [-0.15, -0.1) is 11.3 Å². The zero-order valence-electron chi connectivity index (χ0n) is 12.2. The van der Waals surface area contributed by atoms with Crippen molar-refractivity contribution in [2.45, 2.75) is 26.3 Å². The molecule has 0 N–H and O–H groups in total. The summed E-state index contributed by atoms with van der Waals surface area (Å²) in [6.45, 7) is 2.70. The third-order valence-corrected chi connectivity index (χ3v) is 4.77. The van der Waals surface area contributed by atoms with Gasteiger partial charge in [0.2, 0.25) is 0 Å². The van der Waals surface area contributed by atoms with E-state index in [0.29, 0.717) is 13.0 Å². The minimum absolute atomic E-state index is 0.242. The normalized spacial score (nSPS) is 13.0. The number of fused-ring (bicyclic) bond motifs is 1. The number of aliphatic imine (C=N–C) groups is 1. The standard InChI is InChI=1S/C17H17NO2S/c1-3-4-14(19)15-9-12-10-18-16(17(12)21-15)11-5-7-13(20-2)8-6-11/h5-9H,3-4,10H2,1-2H3. The molecule has 0 fully saturated rings. The van der Waals surface area contributed by atoms with Crippen molar-refractivity contribution < 1.29 is 9.53 Å². The molecule has 0 saturated heterocycles. The Bertz CT molecular complexity index is 698. The molecule has 4 heteroatoms. The summed E-state index contributed by atoms with van der Waals surface area (Å²) in [7, 11) is 1.66. The molecule has 21 heavy (non-hydrogen) atoms. The number of nitrogens with zero attached hydrogens (tertiary/aromatic N) is 1. The van der Waals surface area contributed by atoms with Crippen LogP contribution >= 0.6 is 11.3 Å². The second kappa shape index (κ2) is 5.82. The Labute approximate surface area is 128 Å². The smallest absolute Gasteiger partial charge is 0.172 e. The van der Waals surface area contributed by atoms with Crippen molar-refractivity contribution in [3.63, 3.8) is 0 Å². The first kappa shape index (κ1) is 14.0. The largest absolute Gasteiger partial charge is 0.497 e. The van der Waals surface area contributed by atoms with Crippen LogP contribution in [0.2, 0.25) is 0 Å². The highest BCUT2D eigenvalue weighted by molar-refractivity contribution is 7.16. The number of carbonyl (C=O) groups is 1. The number of rotatable bonds is 5. The van der Waals surface area contributed by atoms with E-state index in [1.165, 1.54) is 5.56 Å². The zero-order chi connectivity index (χ0) is 14.8. The first-order chi connectivity index (χ1) is 10.2. The Morgan fingerprint density at radius 2 is 2.10 bits per heavy atom. The van der Waals surface area contributed by atoms with E-state index in [2.05, 4.69) is 4.99 Å². The molecule has 0 amide bonds. The highest BCUT2D eigenvalue weighted by Gasteiger charge is 2.22. The molecule has 3 nitrogen and oxygen atoms in total. The number of methoxy groups -OCH3 is 1. The fourth-order valence-electron chi connectivity index (χ4n) is 2.44. The van der Waals surface area contributed by atoms with Gasteiger partial charge in [-0.05, 0) is 42.3 Å². The van der Waals surface area contributed by atoms with Gasteiger partial charge in [0.1, 0.15) is 5.75 Å². The van der Waals surface area contributed by atoms with Crippen molar-refractivity contribution in [2.24, 2.45) is 4.99 Å². The van der Waals surface area contributed by atoms with Gasteiger partial charge in [-0.2, -0.15) is 0 Å². The van der Waals surface area contributed by atoms with Crippen molar-refractivity contribution in [1.82, 2.24) is 0 Å². The number of Topliss-reactive ketones (excluding diaryl/α,β-unsaturated/α-hetero) is 1. The highest BCUT2D eigenvalue weighted by atomic mass is 32.1. The first-order valence-corrected chi connectivity index (χ1v) is 7.89. The lowest BCUT2D eigenvalue weighted by Gasteiger charge is -2.03. The van der Waals surface area contributed by atoms with E-state index in [0.717, 1.165) is 33.2 Å². The number of ether oxygens (including phenoxy) is 1. The zero-order valence-corrected chi connectivity index (χ0v) is 13.0. The van der Waals surface area contributed by atoms with Crippen molar-refractivity contribution in [1.29, 1.82) is 0 Å². The molecule has 1 aromatic carbocycles. The number of hydrogen-bond acceptors (Lipinski definition) is 4.